The minimum absolute atomic E-state index is 0.127. The summed E-state index contributed by atoms with van der Waals surface area (Å²) in [5.41, 5.74) is 0. The van der Waals surface area contributed by atoms with E-state index in [9.17, 15) is 4.79 Å². The molecule has 0 amide bonds. The largest absolute Gasteiger partial charge is 0.307 e. The van der Waals surface area contributed by atoms with E-state index in [0.29, 0.717) is 5.78 Å². The van der Waals surface area contributed by atoms with Crippen LogP contribution in [0, 0.1) is 5.92 Å². The number of nitrogens with one attached hydrogen (secondary N) is 2. The molecule has 2 fully saturated rings. The van der Waals surface area contributed by atoms with Gasteiger partial charge in [0.05, 0.1) is 12.1 Å². The zero-order valence-corrected chi connectivity index (χ0v) is 8.88. The predicted octanol–water partition coefficient (Wildman–Crippen LogP) is 0.696. The van der Waals surface area contributed by atoms with Gasteiger partial charge in [0.1, 0.15) is 0 Å². The van der Waals surface area contributed by atoms with Crippen LogP contribution >= 0.6 is 0 Å². The molecular weight excluding hydrogens is 176 g/mol. The molecule has 80 valence electrons. The summed E-state index contributed by atoms with van der Waals surface area (Å²) in [6.07, 6.45) is 4.40. The Morgan fingerprint density at radius 3 is 2.50 bits per heavy atom. The van der Waals surface area contributed by atoms with Crippen molar-refractivity contribution in [3.63, 3.8) is 0 Å². The number of hydrogen-bond acceptors (Lipinski definition) is 3. The SMILES string of the molecule is CC1CCC(C(=O)C2CCCN2)NC1. The van der Waals surface area contributed by atoms with E-state index in [2.05, 4.69) is 17.6 Å². The third-order valence-electron chi connectivity index (χ3n) is 3.41. The van der Waals surface area contributed by atoms with E-state index >= 15 is 0 Å². The fourth-order valence-corrected chi connectivity index (χ4v) is 2.41. The molecule has 2 aliphatic rings. The van der Waals surface area contributed by atoms with E-state index in [-0.39, 0.29) is 12.1 Å². The van der Waals surface area contributed by atoms with E-state index in [1.807, 2.05) is 0 Å². The van der Waals surface area contributed by atoms with Crippen molar-refractivity contribution in [2.45, 2.75) is 44.7 Å². The highest BCUT2D eigenvalue weighted by Gasteiger charge is 2.30. The maximum atomic E-state index is 12.0. The fourth-order valence-electron chi connectivity index (χ4n) is 2.41. The molecule has 0 radical (unpaired) electrons. The molecule has 0 aliphatic carbocycles. The molecule has 14 heavy (non-hydrogen) atoms. The maximum absolute atomic E-state index is 12.0. The lowest BCUT2D eigenvalue weighted by molar-refractivity contribution is -0.123. The second kappa shape index (κ2) is 4.41. The van der Waals surface area contributed by atoms with Gasteiger partial charge in [0.25, 0.3) is 0 Å². The first-order valence-corrected chi connectivity index (χ1v) is 5.78. The summed E-state index contributed by atoms with van der Waals surface area (Å²) >= 11 is 0. The van der Waals surface area contributed by atoms with Gasteiger partial charge in [-0.1, -0.05) is 6.92 Å². The molecule has 0 spiro atoms. The normalized spacial score (nSPS) is 38.5. The predicted molar refractivity (Wildman–Crippen MR) is 56.2 cm³/mol. The molecule has 2 saturated heterocycles. The number of carbonyl (C=O) groups is 1. The highest BCUT2D eigenvalue weighted by molar-refractivity contribution is 5.89. The van der Waals surface area contributed by atoms with Crippen molar-refractivity contribution in [1.29, 1.82) is 0 Å². The number of piperidine rings is 1. The summed E-state index contributed by atoms with van der Waals surface area (Å²) in [4.78, 5) is 12.0. The average molecular weight is 196 g/mol. The number of hydrogen-bond donors (Lipinski definition) is 2. The second-order valence-electron chi connectivity index (χ2n) is 4.69. The first kappa shape index (κ1) is 10.1. The summed E-state index contributed by atoms with van der Waals surface area (Å²) in [6.45, 7) is 4.25. The molecule has 2 aliphatic heterocycles. The van der Waals surface area contributed by atoms with Gasteiger partial charge in [-0.25, -0.2) is 0 Å². The minimum Gasteiger partial charge on any atom is -0.307 e. The van der Waals surface area contributed by atoms with E-state index in [1.165, 1.54) is 6.42 Å². The first-order chi connectivity index (χ1) is 6.77. The van der Waals surface area contributed by atoms with Gasteiger partial charge in [-0.05, 0) is 44.7 Å². The molecule has 2 heterocycles. The molecule has 0 aromatic rings. The highest BCUT2D eigenvalue weighted by atomic mass is 16.1. The summed E-state index contributed by atoms with van der Waals surface area (Å²) in [5.74, 6) is 1.13. The summed E-state index contributed by atoms with van der Waals surface area (Å²) in [5, 5.41) is 6.63. The highest BCUT2D eigenvalue weighted by Crippen LogP contribution is 2.17. The van der Waals surface area contributed by atoms with Crippen molar-refractivity contribution in [1.82, 2.24) is 10.6 Å². The third-order valence-corrected chi connectivity index (χ3v) is 3.41. The van der Waals surface area contributed by atoms with Crippen LogP contribution in [0.25, 0.3) is 0 Å². The Labute approximate surface area is 85.6 Å². The lowest BCUT2D eigenvalue weighted by atomic mass is 9.91. The van der Waals surface area contributed by atoms with Crippen LogP contribution in [0.4, 0.5) is 0 Å². The van der Waals surface area contributed by atoms with E-state index in [4.69, 9.17) is 0 Å². The molecule has 0 aromatic carbocycles. The molecule has 3 unspecified atom stereocenters. The monoisotopic (exact) mass is 196 g/mol. The molecule has 3 heteroatoms. The van der Waals surface area contributed by atoms with Gasteiger partial charge in [-0.15, -0.1) is 0 Å². The third kappa shape index (κ3) is 2.15. The van der Waals surface area contributed by atoms with Gasteiger partial charge >= 0.3 is 0 Å². The van der Waals surface area contributed by atoms with Crippen LogP contribution in [0.3, 0.4) is 0 Å². The fraction of sp³-hybridized carbons (Fsp3) is 0.909. The van der Waals surface area contributed by atoms with Crippen molar-refractivity contribution in [2.24, 2.45) is 5.92 Å². The lowest BCUT2D eigenvalue weighted by Crippen LogP contribution is -2.49. The van der Waals surface area contributed by atoms with Gasteiger partial charge in [0.15, 0.2) is 5.78 Å². The van der Waals surface area contributed by atoms with Crippen LogP contribution in [-0.2, 0) is 4.79 Å². The van der Waals surface area contributed by atoms with Crippen LogP contribution in [0.1, 0.15) is 32.6 Å². The number of carbonyl (C=O) groups excluding carboxylic acids is 1. The van der Waals surface area contributed by atoms with Crippen LogP contribution in [0.2, 0.25) is 0 Å². The first-order valence-electron chi connectivity index (χ1n) is 5.78. The Balaban J connectivity index is 1.85. The van der Waals surface area contributed by atoms with Crippen molar-refractivity contribution in [3.05, 3.63) is 0 Å². The van der Waals surface area contributed by atoms with Crippen LogP contribution in [0.15, 0.2) is 0 Å². The van der Waals surface area contributed by atoms with Gasteiger partial charge in [-0.3, -0.25) is 4.79 Å². The van der Waals surface area contributed by atoms with E-state index in [1.54, 1.807) is 0 Å². The lowest BCUT2D eigenvalue weighted by Gasteiger charge is -2.28. The molecule has 0 bridgehead atoms. The van der Waals surface area contributed by atoms with Gasteiger partial charge in [0, 0.05) is 0 Å². The Morgan fingerprint density at radius 2 is 1.93 bits per heavy atom. The second-order valence-corrected chi connectivity index (χ2v) is 4.69. The van der Waals surface area contributed by atoms with Crippen molar-refractivity contribution >= 4 is 5.78 Å². The number of ketones is 1. The average Bonchev–Trinajstić information content (AvgIpc) is 2.71. The van der Waals surface area contributed by atoms with Gasteiger partial charge in [0.2, 0.25) is 0 Å². The smallest absolute Gasteiger partial charge is 0.166 e. The molecule has 3 atom stereocenters. The Morgan fingerprint density at radius 1 is 1.14 bits per heavy atom. The Bertz CT molecular complexity index is 203. The van der Waals surface area contributed by atoms with E-state index < -0.39 is 0 Å². The minimum atomic E-state index is 0.127. The molecule has 0 aromatic heterocycles. The van der Waals surface area contributed by atoms with Crippen molar-refractivity contribution < 1.29 is 4.79 Å². The summed E-state index contributed by atoms with van der Waals surface area (Å²) < 4.78 is 0. The molecule has 3 nitrogen and oxygen atoms in total. The standard InChI is InChI=1S/C11H20N2O/c1-8-4-5-10(13-7-8)11(14)9-3-2-6-12-9/h8-10,12-13H,2-7H2,1H3. The van der Waals surface area contributed by atoms with Crippen LogP contribution in [0.5, 0.6) is 0 Å². The molecule has 2 rings (SSSR count). The molecule has 2 N–H and O–H groups in total. The zero-order chi connectivity index (χ0) is 9.97. The number of Topliss-reactive ketones (excluding diaryl/α,β-unsaturated/α-hetero) is 1. The maximum Gasteiger partial charge on any atom is 0.166 e. The molecular formula is C11H20N2O. The van der Waals surface area contributed by atoms with Crippen molar-refractivity contribution in [3.8, 4) is 0 Å². The summed E-state index contributed by atoms with van der Waals surface area (Å²) in [7, 11) is 0. The number of rotatable bonds is 2. The van der Waals surface area contributed by atoms with Gasteiger partial charge < -0.3 is 10.6 Å². The van der Waals surface area contributed by atoms with Gasteiger partial charge in [-0.2, -0.15) is 0 Å². The van der Waals surface area contributed by atoms with Crippen molar-refractivity contribution in [2.75, 3.05) is 13.1 Å². The summed E-state index contributed by atoms with van der Waals surface area (Å²) in [6, 6.07) is 0.266. The Kier molecular flexibility index (Phi) is 3.19. The Hall–Kier alpha value is -0.410. The van der Waals surface area contributed by atoms with E-state index in [0.717, 1.165) is 38.3 Å². The van der Waals surface area contributed by atoms with Crippen LogP contribution in [-0.4, -0.2) is 31.0 Å². The van der Waals surface area contributed by atoms with Crippen LogP contribution < -0.4 is 10.6 Å². The molecule has 0 saturated carbocycles. The quantitative estimate of drug-likeness (QED) is 0.683. The topological polar surface area (TPSA) is 41.1 Å². The zero-order valence-electron chi connectivity index (χ0n) is 8.88.